The van der Waals surface area contributed by atoms with Gasteiger partial charge in [0.05, 0.1) is 0 Å². The number of rotatable bonds is 0. The summed E-state index contributed by atoms with van der Waals surface area (Å²) in [4.78, 5) is 3.99. The minimum atomic E-state index is 0.891. The van der Waals surface area contributed by atoms with E-state index in [4.69, 9.17) is 6.42 Å². The zero-order chi connectivity index (χ0) is 6.69. The fourth-order valence-corrected chi connectivity index (χ4v) is 0.635. The van der Waals surface area contributed by atoms with Crippen LogP contribution in [-0.2, 0) is 0 Å². The molecule has 0 aliphatic carbocycles. The van der Waals surface area contributed by atoms with E-state index in [1.165, 1.54) is 0 Å². The molecule has 1 nitrogen and oxygen atoms in total. The van der Waals surface area contributed by atoms with Gasteiger partial charge in [-0.05, 0) is 17.7 Å². The summed E-state index contributed by atoms with van der Waals surface area (Å²) in [6.45, 7) is 0. The molecule has 0 atom stereocenters. The van der Waals surface area contributed by atoms with E-state index in [0.29, 0.717) is 0 Å². The van der Waals surface area contributed by atoms with Crippen molar-refractivity contribution in [3.63, 3.8) is 0 Å². The highest BCUT2D eigenvalue weighted by Crippen LogP contribution is 1.87. The van der Waals surface area contributed by atoms with Crippen LogP contribution in [0, 0.1) is 12.3 Å². The van der Waals surface area contributed by atoms with E-state index in [9.17, 15) is 0 Å². The molecule has 0 amide bonds. The molecule has 1 rings (SSSR count). The molecular weight excluding hydrogens is 109 g/mol. The Hall–Kier alpha value is -1.23. The van der Waals surface area contributed by atoms with Crippen LogP contribution in [-0.4, -0.2) is 12.8 Å². The average molecular weight is 115 g/mol. The molecular formula is C7H6BN. The fourth-order valence-electron chi connectivity index (χ4n) is 0.635. The lowest BCUT2D eigenvalue weighted by atomic mass is 10.0. The minimum absolute atomic E-state index is 0.891. The van der Waals surface area contributed by atoms with Gasteiger partial charge in [0.15, 0.2) is 7.85 Å². The molecule has 0 radical (unpaired) electrons. The Morgan fingerprint density at radius 3 is 2.89 bits per heavy atom. The molecule has 9 heavy (non-hydrogen) atoms. The van der Waals surface area contributed by atoms with Crippen LogP contribution in [0.25, 0.3) is 0 Å². The summed E-state index contributed by atoms with van der Waals surface area (Å²) < 4.78 is 0. The van der Waals surface area contributed by atoms with Crippen LogP contribution in [0.4, 0.5) is 0 Å². The van der Waals surface area contributed by atoms with Gasteiger partial charge >= 0.3 is 0 Å². The highest BCUT2D eigenvalue weighted by atomic mass is 14.6. The molecule has 0 spiro atoms. The van der Waals surface area contributed by atoms with Crippen molar-refractivity contribution in [2.45, 2.75) is 0 Å². The fraction of sp³-hybridized carbons (Fsp3) is 0. The third-order valence-electron chi connectivity index (χ3n) is 1.06. The first kappa shape index (κ1) is 5.90. The third-order valence-corrected chi connectivity index (χ3v) is 1.06. The molecule has 2 heteroatoms. The van der Waals surface area contributed by atoms with Crippen LogP contribution in [0.2, 0.25) is 0 Å². The maximum Gasteiger partial charge on any atom is 0.163 e. The number of hydrogen-bond donors (Lipinski definition) is 0. The van der Waals surface area contributed by atoms with Gasteiger partial charge in [-0.25, -0.2) is 0 Å². The molecule has 0 aliphatic heterocycles. The summed E-state index contributed by atoms with van der Waals surface area (Å²) >= 11 is 0. The topological polar surface area (TPSA) is 12.9 Å². The average Bonchev–Trinajstić information content (AvgIpc) is 1.88. The standard InChI is InChI=1S/C7H6BN/c1-2-6-3-4-9-7(8)5-6/h1,3-5H,8H2. The molecule has 42 valence electrons. The smallest absolute Gasteiger partial charge is 0.163 e. The SMILES string of the molecule is Bc1cc(C#C)ccn1. The summed E-state index contributed by atoms with van der Waals surface area (Å²) in [7, 11) is 1.92. The first-order chi connectivity index (χ1) is 4.33. The summed E-state index contributed by atoms with van der Waals surface area (Å²) in [5.74, 6) is 2.53. The quantitative estimate of drug-likeness (QED) is 0.322. The lowest BCUT2D eigenvalue weighted by Crippen LogP contribution is -2.06. The normalized spacial score (nSPS) is 8.33. The van der Waals surface area contributed by atoms with Gasteiger partial charge in [-0.15, -0.1) is 6.42 Å². The van der Waals surface area contributed by atoms with Crippen LogP contribution in [0.1, 0.15) is 5.56 Å². The van der Waals surface area contributed by atoms with Crippen molar-refractivity contribution in [1.29, 1.82) is 0 Å². The van der Waals surface area contributed by atoms with Crippen molar-refractivity contribution in [3.8, 4) is 12.3 Å². The number of pyridine rings is 1. The van der Waals surface area contributed by atoms with Gasteiger partial charge in [0.25, 0.3) is 0 Å². The highest BCUT2D eigenvalue weighted by Gasteiger charge is 1.85. The summed E-state index contributed by atoms with van der Waals surface area (Å²) in [5.41, 5.74) is 1.85. The molecule has 0 saturated carbocycles. The predicted octanol–water partition coefficient (Wildman–Crippen LogP) is -0.679. The van der Waals surface area contributed by atoms with Crippen LogP contribution in [0.3, 0.4) is 0 Å². The Kier molecular flexibility index (Phi) is 1.55. The molecule has 0 saturated heterocycles. The van der Waals surface area contributed by atoms with Gasteiger partial charge in [0.1, 0.15) is 0 Å². The summed E-state index contributed by atoms with van der Waals surface area (Å²) in [6.07, 6.45) is 6.85. The van der Waals surface area contributed by atoms with E-state index in [0.717, 1.165) is 11.2 Å². The van der Waals surface area contributed by atoms with Crippen LogP contribution < -0.4 is 5.59 Å². The van der Waals surface area contributed by atoms with Crippen LogP contribution >= 0.6 is 0 Å². The van der Waals surface area contributed by atoms with Gasteiger partial charge in [-0.2, -0.15) is 0 Å². The number of nitrogens with zero attached hydrogens (tertiary/aromatic N) is 1. The molecule has 1 heterocycles. The van der Waals surface area contributed by atoms with Crippen LogP contribution in [0.5, 0.6) is 0 Å². The lowest BCUT2D eigenvalue weighted by molar-refractivity contribution is 1.38. The molecule has 0 aliphatic rings. The Morgan fingerprint density at radius 2 is 2.44 bits per heavy atom. The van der Waals surface area contributed by atoms with E-state index in [2.05, 4.69) is 10.9 Å². The van der Waals surface area contributed by atoms with E-state index < -0.39 is 0 Å². The van der Waals surface area contributed by atoms with Crippen molar-refractivity contribution in [3.05, 3.63) is 23.9 Å². The number of terminal acetylenes is 1. The second kappa shape index (κ2) is 2.36. The molecule has 0 aromatic carbocycles. The highest BCUT2D eigenvalue weighted by molar-refractivity contribution is 6.30. The van der Waals surface area contributed by atoms with Crippen molar-refractivity contribution >= 4 is 13.4 Å². The molecule has 1 aromatic heterocycles. The predicted molar refractivity (Wildman–Crippen MR) is 40.4 cm³/mol. The van der Waals surface area contributed by atoms with Gasteiger partial charge in [-0.1, -0.05) is 5.92 Å². The first-order valence-corrected chi connectivity index (χ1v) is 2.72. The Bertz CT molecular complexity index is 249. The van der Waals surface area contributed by atoms with Crippen molar-refractivity contribution in [2.75, 3.05) is 0 Å². The van der Waals surface area contributed by atoms with E-state index in [1.807, 2.05) is 20.0 Å². The zero-order valence-corrected chi connectivity index (χ0v) is 5.26. The lowest BCUT2D eigenvalue weighted by Gasteiger charge is -1.89. The molecule has 0 fully saturated rings. The Morgan fingerprint density at radius 1 is 1.67 bits per heavy atom. The minimum Gasteiger partial charge on any atom is -0.272 e. The maximum atomic E-state index is 5.14. The van der Waals surface area contributed by atoms with Crippen molar-refractivity contribution in [2.24, 2.45) is 0 Å². The van der Waals surface area contributed by atoms with Gasteiger partial charge < -0.3 is 0 Å². The molecule has 0 unspecified atom stereocenters. The second-order valence-electron chi connectivity index (χ2n) is 1.83. The maximum absolute atomic E-state index is 5.14. The monoisotopic (exact) mass is 115 g/mol. The first-order valence-electron chi connectivity index (χ1n) is 2.72. The molecule has 0 bridgehead atoms. The van der Waals surface area contributed by atoms with Crippen molar-refractivity contribution in [1.82, 2.24) is 4.98 Å². The van der Waals surface area contributed by atoms with E-state index in [-0.39, 0.29) is 0 Å². The Balaban J connectivity index is 3.12. The zero-order valence-electron chi connectivity index (χ0n) is 5.26. The van der Waals surface area contributed by atoms with Gasteiger partial charge in [-0.3, -0.25) is 4.98 Å². The Labute approximate surface area is 55.5 Å². The third kappa shape index (κ3) is 1.33. The molecule has 1 aromatic rings. The van der Waals surface area contributed by atoms with Gasteiger partial charge in [0, 0.05) is 11.8 Å². The summed E-state index contributed by atoms with van der Waals surface area (Å²) in [5, 5.41) is 0. The second-order valence-corrected chi connectivity index (χ2v) is 1.83. The number of hydrogen-bond acceptors (Lipinski definition) is 1. The van der Waals surface area contributed by atoms with Crippen LogP contribution in [0.15, 0.2) is 18.3 Å². The largest absolute Gasteiger partial charge is 0.272 e. The van der Waals surface area contributed by atoms with E-state index >= 15 is 0 Å². The van der Waals surface area contributed by atoms with Gasteiger partial charge in [0.2, 0.25) is 0 Å². The van der Waals surface area contributed by atoms with Crippen molar-refractivity contribution < 1.29 is 0 Å². The van der Waals surface area contributed by atoms with E-state index in [1.54, 1.807) is 6.20 Å². The number of aromatic nitrogens is 1. The summed E-state index contributed by atoms with van der Waals surface area (Å²) in [6, 6.07) is 3.69. The molecule has 0 N–H and O–H groups in total.